The molecule has 2 N–H and O–H groups in total. The molecule has 0 saturated heterocycles. The molecule has 128 valence electrons. The van der Waals surface area contributed by atoms with Crippen LogP contribution in [0.4, 0.5) is 13.6 Å². The van der Waals surface area contributed by atoms with Crippen LogP contribution in [0.2, 0.25) is 0 Å². The van der Waals surface area contributed by atoms with Gasteiger partial charge in [-0.3, -0.25) is 0 Å². The van der Waals surface area contributed by atoms with E-state index in [-0.39, 0.29) is 6.42 Å². The monoisotopic (exact) mass is 407 g/mol. The number of benzene rings is 2. The summed E-state index contributed by atoms with van der Waals surface area (Å²) in [5, 5.41) is 11.4. The molecule has 1 amide bonds. The first-order valence-electron chi connectivity index (χ1n) is 7.29. The van der Waals surface area contributed by atoms with E-state index in [1.54, 1.807) is 18.2 Å². The van der Waals surface area contributed by atoms with Crippen LogP contribution in [0.5, 0.6) is 0 Å². The minimum absolute atomic E-state index is 0.0204. The first-order chi connectivity index (χ1) is 11.9. The topological polar surface area (TPSA) is 75.1 Å². The fourth-order valence-corrected chi connectivity index (χ4v) is 3.10. The van der Waals surface area contributed by atoms with Gasteiger partial charge in [0.25, 0.3) is 0 Å². The van der Waals surface area contributed by atoms with E-state index in [2.05, 4.69) is 31.2 Å². The van der Waals surface area contributed by atoms with Crippen molar-refractivity contribution < 1.29 is 18.7 Å². The zero-order chi connectivity index (χ0) is 18.0. The van der Waals surface area contributed by atoms with Crippen LogP contribution < -0.4 is 5.32 Å². The summed E-state index contributed by atoms with van der Waals surface area (Å²) >= 11 is 3.30. The molecule has 3 rings (SSSR count). The molecule has 0 aliphatic carbocycles. The number of halogens is 3. The van der Waals surface area contributed by atoms with Gasteiger partial charge in [-0.05, 0) is 52.2 Å². The molecule has 0 spiro atoms. The summed E-state index contributed by atoms with van der Waals surface area (Å²) in [5.41, 5.74) is 1.87. The number of amides is 1. The Hall–Kier alpha value is -2.61. The number of hydrogen-bond donors (Lipinski definition) is 2. The van der Waals surface area contributed by atoms with Crippen LogP contribution in [0, 0.1) is 11.6 Å². The van der Waals surface area contributed by atoms with Crippen LogP contribution in [0.15, 0.2) is 47.1 Å². The van der Waals surface area contributed by atoms with Crippen molar-refractivity contribution >= 4 is 33.1 Å². The summed E-state index contributed by atoms with van der Waals surface area (Å²) in [6, 6.07) is 9.36. The third-order valence-corrected chi connectivity index (χ3v) is 4.13. The molecule has 1 aromatic heterocycles. The Labute approximate surface area is 149 Å². The fourth-order valence-electron chi connectivity index (χ4n) is 2.54. The lowest BCUT2D eigenvalue weighted by Crippen LogP contribution is -2.29. The maximum Gasteiger partial charge on any atom is 0.405 e. The number of para-hydroxylation sites is 2. The van der Waals surface area contributed by atoms with Gasteiger partial charge in [0.15, 0.2) is 0 Å². The van der Waals surface area contributed by atoms with Gasteiger partial charge in [-0.15, -0.1) is 0 Å². The molecule has 0 aliphatic rings. The standard InChI is InChI=1S/C17H12BrF2N3O2/c18-16-15(21-12-3-1-2-4-13(12)22-16)14(23-17(24)25)7-9-5-10(19)8-11(20)6-9/h1-6,8,14,23H,7H2,(H,24,25). The van der Waals surface area contributed by atoms with Crippen LogP contribution in [0.3, 0.4) is 0 Å². The van der Waals surface area contributed by atoms with Crippen molar-refractivity contribution in [1.82, 2.24) is 15.3 Å². The predicted molar refractivity (Wildman–Crippen MR) is 91.2 cm³/mol. The Balaban J connectivity index is 2.03. The molecule has 0 bridgehead atoms. The zero-order valence-electron chi connectivity index (χ0n) is 12.7. The van der Waals surface area contributed by atoms with Gasteiger partial charge >= 0.3 is 6.09 Å². The predicted octanol–water partition coefficient (Wildman–Crippen LogP) is 4.22. The highest BCUT2D eigenvalue weighted by Crippen LogP contribution is 2.26. The highest BCUT2D eigenvalue weighted by molar-refractivity contribution is 9.10. The van der Waals surface area contributed by atoms with E-state index in [4.69, 9.17) is 5.11 Å². The average molecular weight is 408 g/mol. The summed E-state index contributed by atoms with van der Waals surface area (Å²) < 4.78 is 27.2. The van der Waals surface area contributed by atoms with Crippen molar-refractivity contribution in [3.05, 3.63) is 70.0 Å². The first kappa shape index (κ1) is 17.2. The normalized spacial score (nSPS) is 12.1. The van der Waals surface area contributed by atoms with Crippen molar-refractivity contribution in [2.75, 3.05) is 0 Å². The summed E-state index contributed by atoms with van der Waals surface area (Å²) in [4.78, 5) is 20.0. The van der Waals surface area contributed by atoms with Crippen LogP contribution in [-0.2, 0) is 6.42 Å². The van der Waals surface area contributed by atoms with Crippen LogP contribution in [-0.4, -0.2) is 21.2 Å². The quantitative estimate of drug-likeness (QED) is 0.678. The van der Waals surface area contributed by atoms with Crippen LogP contribution in [0.1, 0.15) is 17.3 Å². The number of nitrogens with one attached hydrogen (secondary N) is 1. The molecule has 1 unspecified atom stereocenters. The van der Waals surface area contributed by atoms with E-state index < -0.39 is 23.8 Å². The minimum Gasteiger partial charge on any atom is -0.465 e. The number of aromatic nitrogens is 2. The van der Waals surface area contributed by atoms with E-state index in [1.165, 1.54) is 0 Å². The lowest BCUT2D eigenvalue weighted by Gasteiger charge is -2.18. The van der Waals surface area contributed by atoms with Gasteiger partial charge in [-0.25, -0.2) is 23.5 Å². The Morgan fingerprint density at radius 1 is 1.12 bits per heavy atom. The number of fused-ring (bicyclic) bond motifs is 1. The Kier molecular flexibility index (Phi) is 4.89. The number of carboxylic acid groups (broad SMARTS) is 1. The number of nitrogens with zero attached hydrogens (tertiary/aromatic N) is 2. The van der Waals surface area contributed by atoms with Gasteiger partial charge in [0.1, 0.15) is 16.2 Å². The molecule has 0 saturated carbocycles. The van der Waals surface area contributed by atoms with Gasteiger partial charge in [0.05, 0.1) is 22.8 Å². The van der Waals surface area contributed by atoms with Crippen molar-refractivity contribution in [1.29, 1.82) is 0 Å². The Morgan fingerprint density at radius 2 is 1.72 bits per heavy atom. The lowest BCUT2D eigenvalue weighted by atomic mass is 10.0. The molecule has 0 fully saturated rings. The van der Waals surface area contributed by atoms with Crippen molar-refractivity contribution in [2.45, 2.75) is 12.5 Å². The Bertz CT molecular complexity index is 932. The second-order valence-corrected chi connectivity index (χ2v) is 6.12. The number of carbonyl (C=O) groups is 1. The van der Waals surface area contributed by atoms with E-state index in [0.29, 0.717) is 26.9 Å². The highest BCUT2D eigenvalue weighted by atomic mass is 79.9. The van der Waals surface area contributed by atoms with Gasteiger partial charge in [-0.2, -0.15) is 0 Å². The van der Waals surface area contributed by atoms with E-state index in [0.717, 1.165) is 18.2 Å². The fraction of sp³-hybridized carbons (Fsp3) is 0.118. The van der Waals surface area contributed by atoms with E-state index in [9.17, 15) is 13.6 Å². The van der Waals surface area contributed by atoms with Crippen molar-refractivity contribution in [3.8, 4) is 0 Å². The van der Waals surface area contributed by atoms with Crippen molar-refractivity contribution in [2.24, 2.45) is 0 Å². The molecule has 1 heterocycles. The molecular weight excluding hydrogens is 396 g/mol. The third-order valence-electron chi connectivity index (χ3n) is 3.54. The van der Waals surface area contributed by atoms with Crippen LogP contribution in [0.25, 0.3) is 11.0 Å². The molecule has 0 radical (unpaired) electrons. The molecule has 25 heavy (non-hydrogen) atoms. The second kappa shape index (κ2) is 7.10. The minimum atomic E-state index is -1.27. The molecule has 1 atom stereocenters. The summed E-state index contributed by atoms with van der Waals surface area (Å²) in [6.07, 6.45) is -1.25. The van der Waals surface area contributed by atoms with Gasteiger partial charge < -0.3 is 10.4 Å². The molecule has 3 aromatic rings. The summed E-state index contributed by atoms with van der Waals surface area (Å²) in [6.45, 7) is 0. The first-order valence-corrected chi connectivity index (χ1v) is 8.08. The maximum absolute atomic E-state index is 13.4. The van der Waals surface area contributed by atoms with Crippen LogP contribution >= 0.6 is 15.9 Å². The number of hydrogen-bond acceptors (Lipinski definition) is 3. The average Bonchev–Trinajstić information content (AvgIpc) is 2.52. The van der Waals surface area contributed by atoms with E-state index in [1.807, 2.05) is 6.07 Å². The smallest absolute Gasteiger partial charge is 0.405 e. The SMILES string of the molecule is O=C(O)NC(Cc1cc(F)cc(F)c1)c1nc2ccccc2nc1Br. The maximum atomic E-state index is 13.4. The molecular formula is C17H12BrF2N3O2. The second-order valence-electron chi connectivity index (χ2n) is 5.37. The van der Waals surface area contributed by atoms with Gasteiger partial charge in [0, 0.05) is 6.07 Å². The van der Waals surface area contributed by atoms with E-state index >= 15 is 0 Å². The largest absolute Gasteiger partial charge is 0.465 e. The molecule has 5 nitrogen and oxygen atoms in total. The van der Waals surface area contributed by atoms with Gasteiger partial charge in [-0.1, -0.05) is 12.1 Å². The van der Waals surface area contributed by atoms with Gasteiger partial charge in [0.2, 0.25) is 0 Å². The molecule has 2 aromatic carbocycles. The summed E-state index contributed by atoms with van der Waals surface area (Å²) in [7, 11) is 0. The Morgan fingerprint density at radius 3 is 2.32 bits per heavy atom. The summed E-state index contributed by atoms with van der Waals surface area (Å²) in [5.74, 6) is -1.46. The third kappa shape index (κ3) is 4.08. The zero-order valence-corrected chi connectivity index (χ0v) is 14.3. The number of rotatable bonds is 4. The lowest BCUT2D eigenvalue weighted by molar-refractivity contribution is 0.189. The molecule has 0 aliphatic heterocycles. The van der Waals surface area contributed by atoms with Crippen molar-refractivity contribution in [3.63, 3.8) is 0 Å². The highest BCUT2D eigenvalue weighted by Gasteiger charge is 2.21. The molecule has 8 heteroatoms.